The maximum Gasteiger partial charge on any atom is 0.336 e. The lowest BCUT2D eigenvalue weighted by atomic mass is 9.75. The van der Waals surface area contributed by atoms with E-state index >= 15 is 0 Å². The lowest BCUT2D eigenvalue weighted by Gasteiger charge is -2.31. The van der Waals surface area contributed by atoms with E-state index < -0.39 is 28.7 Å². The standard InChI is InChI=1S/C27H29N3O7/c1-4-36-27(33)25-22(17-31)28-18(2)23(24(25)20-11-8-12-21(15-20)30(34)35)26(32)37-14-13-29(3)16-19-9-6-5-7-10-19/h5-12,15,17,24-25H,4,13-14,16H2,1-3H3. The van der Waals surface area contributed by atoms with Crippen LogP contribution < -0.4 is 0 Å². The summed E-state index contributed by atoms with van der Waals surface area (Å²) in [5.74, 6) is -3.78. The molecule has 1 heterocycles. The average molecular weight is 508 g/mol. The number of aliphatic imine (C=N–C) groups is 1. The number of rotatable bonds is 11. The monoisotopic (exact) mass is 507 g/mol. The number of hydrogen-bond donors (Lipinski definition) is 0. The van der Waals surface area contributed by atoms with E-state index in [1.54, 1.807) is 13.0 Å². The number of carbonyl (C=O) groups excluding carboxylic acids is 3. The second-order valence-corrected chi connectivity index (χ2v) is 8.57. The Bertz CT molecular complexity index is 1220. The normalized spacial score (nSPS) is 17.2. The molecule has 194 valence electrons. The van der Waals surface area contributed by atoms with E-state index in [2.05, 4.69) is 4.99 Å². The maximum atomic E-state index is 13.3. The number of esters is 2. The second-order valence-electron chi connectivity index (χ2n) is 8.57. The number of non-ortho nitro benzene ring substituents is 1. The zero-order valence-corrected chi connectivity index (χ0v) is 21.0. The van der Waals surface area contributed by atoms with Gasteiger partial charge in [0.1, 0.15) is 12.5 Å². The Labute approximate surface area is 214 Å². The van der Waals surface area contributed by atoms with Gasteiger partial charge in [-0.2, -0.15) is 0 Å². The highest BCUT2D eigenvalue weighted by Crippen LogP contribution is 2.40. The molecule has 0 aliphatic carbocycles. The molecule has 1 aliphatic rings. The van der Waals surface area contributed by atoms with Crippen LogP contribution in [0.5, 0.6) is 0 Å². The van der Waals surface area contributed by atoms with Gasteiger partial charge in [0.15, 0.2) is 6.29 Å². The highest BCUT2D eigenvalue weighted by molar-refractivity contribution is 6.35. The van der Waals surface area contributed by atoms with E-state index in [9.17, 15) is 24.5 Å². The fourth-order valence-electron chi connectivity index (χ4n) is 4.29. The molecule has 0 fully saturated rings. The number of nitro benzene ring substituents is 1. The van der Waals surface area contributed by atoms with Crippen LogP contribution in [0.4, 0.5) is 5.69 Å². The zero-order valence-electron chi connectivity index (χ0n) is 21.0. The summed E-state index contributed by atoms with van der Waals surface area (Å²) in [6.45, 7) is 4.36. The summed E-state index contributed by atoms with van der Waals surface area (Å²) in [5, 5.41) is 11.4. The number of aldehydes is 1. The van der Waals surface area contributed by atoms with Gasteiger partial charge in [0, 0.05) is 36.8 Å². The molecule has 2 atom stereocenters. The minimum Gasteiger partial charge on any atom is -0.465 e. The summed E-state index contributed by atoms with van der Waals surface area (Å²) in [5.41, 5.74) is 1.32. The van der Waals surface area contributed by atoms with Gasteiger partial charge in [0.05, 0.1) is 22.8 Å². The van der Waals surface area contributed by atoms with Gasteiger partial charge >= 0.3 is 11.9 Å². The molecule has 2 aromatic carbocycles. The van der Waals surface area contributed by atoms with Crippen molar-refractivity contribution in [3.8, 4) is 0 Å². The van der Waals surface area contributed by atoms with E-state index in [-0.39, 0.29) is 35.9 Å². The van der Waals surface area contributed by atoms with Gasteiger partial charge in [-0.15, -0.1) is 0 Å². The van der Waals surface area contributed by atoms with Gasteiger partial charge in [0.2, 0.25) is 0 Å². The van der Waals surface area contributed by atoms with Crippen molar-refractivity contribution in [2.75, 3.05) is 26.8 Å². The van der Waals surface area contributed by atoms with E-state index in [0.717, 1.165) is 5.56 Å². The molecule has 0 aromatic heterocycles. The lowest BCUT2D eigenvalue weighted by molar-refractivity contribution is -0.384. The highest BCUT2D eigenvalue weighted by atomic mass is 16.6. The summed E-state index contributed by atoms with van der Waals surface area (Å²) in [6.07, 6.45) is 0.441. The maximum absolute atomic E-state index is 13.3. The zero-order chi connectivity index (χ0) is 26.9. The van der Waals surface area contributed by atoms with Crippen molar-refractivity contribution in [1.29, 1.82) is 0 Å². The van der Waals surface area contributed by atoms with Crippen molar-refractivity contribution in [2.24, 2.45) is 10.9 Å². The van der Waals surface area contributed by atoms with Crippen molar-refractivity contribution in [3.63, 3.8) is 0 Å². The van der Waals surface area contributed by atoms with Crippen molar-refractivity contribution in [2.45, 2.75) is 26.3 Å². The molecule has 2 unspecified atom stereocenters. The van der Waals surface area contributed by atoms with Crippen molar-refractivity contribution >= 4 is 29.6 Å². The summed E-state index contributed by atoms with van der Waals surface area (Å²) in [7, 11) is 1.90. The van der Waals surface area contributed by atoms with Crippen LogP contribution in [0.25, 0.3) is 0 Å². The molecule has 0 radical (unpaired) electrons. The van der Waals surface area contributed by atoms with Crippen molar-refractivity contribution in [3.05, 3.63) is 87.1 Å². The molecule has 0 spiro atoms. The van der Waals surface area contributed by atoms with Crippen molar-refractivity contribution in [1.82, 2.24) is 4.90 Å². The van der Waals surface area contributed by atoms with Crippen LogP contribution in [0.15, 0.2) is 70.9 Å². The molecule has 3 rings (SSSR count). The summed E-state index contributed by atoms with van der Waals surface area (Å²) < 4.78 is 10.7. The Morgan fingerprint density at radius 1 is 1.14 bits per heavy atom. The number of hydrogen-bond acceptors (Lipinski definition) is 9. The molecule has 0 amide bonds. The number of carbonyl (C=O) groups is 3. The molecule has 0 bridgehead atoms. The Balaban J connectivity index is 1.90. The first kappa shape index (κ1) is 27.4. The van der Waals surface area contributed by atoms with Crippen molar-refractivity contribution < 1.29 is 28.8 Å². The molecular formula is C27H29N3O7. The van der Waals surface area contributed by atoms with Gasteiger partial charge in [-0.25, -0.2) is 4.79 Å². The Morgan fingerprint density at radius 2 is 1.86 bits per heavy atom. The molecule has 1 aliphatic heterocycles. The number of likely N-dealkylation sites (N-methyl/N-ethyl adjacent to an activating group) is 1. The van der Waals surface area contributed by atoms with Gasteiger partial charge < -0.3 is 9.47 Å². The van der Waals surface area contributed by atoms with Gasteiger partial charge in [0.25, 0.3) is 5.69 Å². The summed E-state index contributed by atoms with van der Waals surface area (Å²) in [4.78, 5) is 55.2. The van der Waals surface area contributed by atoms with Crippen LogP contribution >= 0.6 is 0 Å². The predicted molar refractivity (Wildman–Crippen MR) is 136 cm³/mol. The summed E-state index contributed by atoms with van der Waals surface area (Å²) in [6, 6.07) is 15.4. The van der Waals surface area contributed by atoms with Crippen LogP contribution in [0.2, 0.25) is 0 Å². The molecule has 0 N–H and O–H groups in total. The van der Waals surface area contributed by atoms with E-state index in [0.29, 0.717) is 24.9 Å². The number of ether oxygens (including phenoxy) is 2. The summed E-state index contributed by atoms with van der Waals surface area (Å²) >= 11 is 0. The second kappa shape index (κ2) is 12.7. The Hall–Kier alpha value is -4.18. The Morgan fingerprint density at radius 3 is 2.51 bits per heavy atom. The van der Waals surface area contributed by atoms with Gasteiger partial charge in [-0.3, -0.25) is 29.6 Å². The van der Waals surface area contributed by atoms with E-state index in [4.69, 9.17) is 9.47 Å². The third kappa shape index (κ3) is 6.73. The van der Waals surface area contributed by atoms with Crippen LogP contribution in [0, 0.1) is 16.0 Å². The molecular weight excluding hydrogens is 478 g/mol. The quantitative estimate of drug-likeness (QED) is 0.196. The Kier molecular flexibility index (Phi) is 9.39. The van der Waals surface area contributed by atoms with Crippen LogP contribution in [-0.2, 0) is 30.4 Å². The first-order valence-electron chi connectivity index (χ1n) is 11.8. The van der Waals surface area contributed by atoms with Gasteiger partial charge in [-0.05, 0) is 32.0 Å². The molecule has 10 heteroatoms. The first-order chi connectivity index (χ1) is 17.8. The van der Waals surface area contributed by atoms with Crippen LogP contribution in [0.3, 0.4) is 0 Å². The van der Waals surface area contributed by atoms with E-state index in [1.807, 2.05) is 42.3 Å². The van der Waals surface area contributed by atoms with Crippen LogP contribution in [-0.4, -0.2) is 60.6 Å². The van der Waals surface area contributed by atoms with Crippen LogP contribution in [0.1, 0.15) is 30.9 Å². The molecule has 0 saturated heterocycles. The average Bonchev–Trinajstić information content (AvgIpc) is 2.88. The molecule has 0 saturated carbocycles. The molecule has 10 nitrogen and oxygen atoms in total. The topological polar surface area (TPSA) is 128 Å². The number of benzene rings is 2. The fourth-order valence-corrected chi connectivity index (χ4v) is 4.29. The lowest BCUT2D eigenvalue weighted by Crippen LogP contribution is -2.38. The smallest absolute Gasteiger partial charge is 0.336 e. The number of allylic oxidation sites excluding steroid dienone is 1. The van der Waals surface area contributed by atoms with E-state index in [1.165, 1.54) is 25.1 Å². The molecule has 2 aromatic rings. The predicted octanol–water partition coefficient (Wildman–Crippen LogP) is 3.46. The largest absolute Gasteiger partial charge is 0.465 e. The third-order valence-corrected chi connectivity index (χ3v) is 5.97. The number of nitro groups is 1. The number of nitrogens with zero attached hydrogens (tertiary/aromatic N) is 3. The molecule has 37 heavy (non-hydrogen) atoms. The third-order valence-electron chi connectivity index (χ3n) is 5.97. The minimum absolute atomic E-state index is 0.0410. The van der Waals surface area contributed by atoms with Gasteiger partial charge in [-0.1, -0.05) is 42.5 Å². The highest BCUT2D eigenvalue weighted by Gasteiger charge is 2.44. The fraction of sp³-hybridized carbons (Fsp3) is 0.333. The first-order valence-corrected chi connectivity index (χ1v) is 11.8. The minimum atomic E-state index is -1.26. The SMILES string of the molecule is CCOC(=O)C1C(C=O)=NC(C)=C(C(=O)OCCN(C)Cc2ccccc2)C1c1cccc([N+](=O)[O-])c1.